The first-order chi connectivity index (χ1) is 11.1. The van der Waals surface area contributed by atoms with E-state index in [1.165, 1.54) is 0 Å². The second kappa shape index (κ2) is 6.27. The number of carbonyl (C=O) groups is 1. The summed E-state index contributed by atoms with van der Waals surface area (Å²) in [6.07, 6.45) is 3.21. The van der Waals surface area contributed by atoms with Crippen LogP contribution in [0.4, 0.5) is 5.69 Å². The fourth-order valence-electron chi connectivity index (χ4n) is 2.28. The fourth-order valence-corrected chi connectivity index (χ4v) is 2.28. The van der Waals surface area contributed by atoms with Crippen molar-refractivity contribution in [1.29, 1.82) is 0 Å². The zero-order valence-corrected chi connectivity index (χ0v) is 12.2. The number of aromatic nitrogens is 3. The third-order valence-electron chi connectivity index (χ3n) is 3.41. The Labute approximate surface area is 130 Å². The second-order valence-corrected chi connectivity index (χ2v) is 4.98. The lowest BCUT2D eigenvalue weighted by molar-refractivity contribution is -0.116. The molecule has 0 aliphatic heterocycles. The summed E-state index contributed by atoms with van der Waals surface area (Å²) in [6.45, 7) is 0.0931. The number of aryl methyl sites for hydroxylation is 1. The average molecular weight is 310 g/mol. The lowest BCUT2D eigenvalue weighted by Crippen LogP contribution is -2.31. The van der Waals surface area contributed by atoms with Crippen LogP contribution in [0.25, 0.3) is 10.8 Å². The van der Waals surface area contributed by atoms with Gasteiger partial charge in [0.15, 0.2) is 0 Å². The third-order valence-corrected chi connectivity index (χ3v) is 3.41. The first-order valence-electron chi connectivity index (χ1n) is 7.07. The first kappa shape index (κ1) is 14.7. The van der Waals surface area contributed by atoms with Crippen LogP contribution in [-0.2, 0) is 11.3 Å². The molecule has 0 unspecified atom stereocenters. The Morgan fingerprint density at radius 2 is 1.78 bits per heavy atom. The second-order valence-electron chi connectivity index (χ2n) is 4.98. The van der Waals surface area contributed by atoms with Gasteiger partial charge in [-0.2, -0.15) is 0 Å². The van der Waals surface area contributed by atoms with Gasteiger partial charge in [-0.05, 0) is 24.3 Å². The highest BCUT2D eigenvalue weighted by Crippen LogP contribution is 2.05. The van der Waals surface area contributed by atoms with Gasteiger partial charge in [0, 0.05) is 24.5 Å². The van der Waals surface area contributed by atoms with Gasteiger partial charge >= 0.3 is 0 Å². The molecule has 23 heavy (non-hydrogen) atoms. The Morgan fingerprint density at radius 3 is 2.52 bits per heavy atom. The van der Waals surface area contributed by atoms with Crippen LogP contribution in [0.2, 0.25) is 0 Å². The summed E-state index contributed by atoms with van der Waals surface area (Å²) in [5.74, 6) is -0.253. The average Bonchev–Trinajstić information content (AvgIpc) is 2.58. The van der Waals surface area contributed by atoms with Gasteiger partial charge in [0.25, 0.3) is 11.1 Å². The summed E-state index contributed by atoms with van der Waals surface area (Å²) in [5.41, 5.74) is -0.0454. The molecule has 0 spiro atoms. The number of nitrogens with one attached hydrogen (secondary N) is 2. The molecule has 0 fully saturated rings. The number of nitrogens with zero attached hydrogens (tertiary/aromatic N) is 2. The molecule has 0 bridgehead atoms. The maximum Gasteiger partial charge on any atom is 0.273 e. The molecule has 3 rings (SSSR count). The Morgan fingerprint density at radius 1 is 1.09 bits per heavy atom. The molecule has 2 heterocycles. The largest absolute Gasteiger partial charge is 0.326 e. The van der Waals surface area contributed by atoms with E-state index in [1.54, 1.807) is 48.8 Å². The Hall–Kier alpha value is -3.22. The predicted octanol–water partition coefficient (Wildman–Crippen LogP) is 1.11. The van der Waals surface area contributed by atoms with E-state index >= 15 is 0 Å². The molecule has 7 nitrogen and oxygen atoms in total. The van der Waals surface area contributed by atoms with Crippen LogP contribution < -0.4 is 16.4 Å². The molecule has 1 amide bonds. The summed E-state index contributed by atoms with van der Waals surface area (Å²) < 4.78 is 1.16. The smallest absolute Gasteiger partial charge is 0.273 e. The van der Waals surface area contributed by atoms with E-state index in [4.69, 9.17) is 0 Å². The molecular formula is C16H14N4O3. The van der Waals surface area contributed by atoms with Crippen LogP contribution in [0.3, 0.4) is 0 Å². The highest BCUT2D eigenvalue weighted by molar-refractivity contribution is 5.90. The lowest BCUT2D eigenvalue weighted by atomic mass is 10.2. The van der Waals surface area contributed by atoms with Crippen LogP contribution in [-0.4, -0.2) is 20.7 Å². The number of aromatic amines is 1. The number of carbonyl (C=O) groups excluding carboxylic acids is 1. The maximum absolute atomic E-state index is 12.3. The zero-order chi connectivity index (χ0) is 16.2. The number of fused-ring (bicyclic) bond motifs is 1. The summed E-state index contributed by atoms with van der Waals surface area (Å²) in [5, 5.41) is 5.87. The van der Waals surface area contributed by atoms with Crippen molar-refractivity contribution >= 4 is 22.4 Å². The number of amides is 1. The quantitative estimate of drug-likeness (QED) is 0.754. The van der Waals surface area contributed by atoms with Crippen LogP contribution in [0.5, 0.6) is 0 Å². The molecule has 0 aliphatic carbocycles. The number of anilines is 1. The van der Waals surface area contributed by atoms with Crippen molar-refractivity contribution < 1.29 is 4.79 Å². The topological polar surface area (TPSA) is 96.9 Å². The van der Waals surface area contributed by atoms with E-state index in [-0.39, 0.29) is 30.0 Å². The third kappa shape index (κ3) is 3.18. The van der Waals surface area contributed by atoms with Gasteiger partial charge in [-0.3, -0.25) is 24.5 Å². The molecule has 2 aromatic heterocycles. The van der Waals surface area contributed by atoms with Crippen molar-refractivity contribution in [2.24, 2.45) is 0 Å². The minimum Gasteiger partial charge on any atom is -0.326 e. The number of H-pyrrole nitrogens is 1. The van der Waals surface area contributed by atoms with Gasteiger partial charge in [0.2, 0.25) is 5.91 Å². The van der Waals surface area contributed by atoms with Crippen LogP contribution >= 0.6 is 0 Å². The van der Waals surface area contributed by atoms with Gasteiger partial charge in [-0.25, -0.2) is 4.68 Å². The summed E-state index contributed by atoms with van der Waals surface area (Å²) in [7, 11) is 0. The van der Waals surface area contributed by atoms with Gasteiger partial charge in [0.05, 0.1) is 17.3 Å². The van der Waals surface area contributed by atoms with Crippen molar-refractivity contribution in [3.63, 3.8) is 0 Å². The van der Waals surface area contributed by atoms with Crippen molar-refractivity contribution in [3.05, 3.63) is 69.5 Å². The lowest BCUT2D eigenvalue weighted by Gasteiger charge is -2.08. The Bertz CT molecular complexity index is 960. The predicted molar refractivity (Wildman–Crippen MR) is 86.3 cm³/mol. The van der Waals surface area contributed by atoms with E-state index in [1.807, 2.05) is 0 Å². The number of rotatable bonds is 4. The molecule has 0 aliphatic rings. The molecule has 0 radical (unpaired) electrons. The van der Waals surface area contributed by atoms with Crippen molar-refractivity contribution in [1.82, 2.24) is 14.8 Å². The number of hydrogen-bond donors (Lipinski definition) is 2. The van der Waals surface area contributed by atoms with Gasteiger partial charge in [-0.15, -0.1) is 0 Å². The molecular weight excluding hydrogens is 296 g/mol. The highest BCUT2D eigenvalue weighted by Gasteiger charge is 2.08. The fraction of sp³-hybridized carbons (Fsp3) is 0.125. The molecule has 1 aromatic carbocycles. The molecule has 0 saturated carbocycles. The monoisotopic (exact) mass is 310 g/mol. The molecule has 2 N–H and O–H groups in total. The number of benzene rings is 1. The number of pyridine rings is 1. The van der Waals surface area contributed by atoms with E-state index in [0.717, 1.165) is 4.68 Å². The minimum atomic E-state index is -0.352. The minimum absolute atomic E-state index is 0.0660. The zero-order valence-electron chi connectivity index (χ0n) is 12.2. The molecule has 0 saturated heterocycles. The van der Waals surface area contributed by atoms with Crippen LogP contribution in [0.1, 0.15) is 6.42 Å². The number of hydrogen-bond acceptors (Lipinski definition) is 4. The summed E-state index contributed by atoms with van der Waals surface area (Å²) in [6, 6.07) is 9.92. The van der Waals surface area contributed by atoms with E-state index in [2.05, 4.69) is 15.4 Å². The SMILES string of the molecule is O=C(CCn1[nH]c(=O)c2ccccc2c1=O)Nc1ccncc1. The van der Waals surface area contributed by atoms with E-state index < -0.39 is 0 Å². The van der Waals surface area contributed by atoms with Crippen molar-refractivity contribution in [2.75, 3.05) is 5.32 Å². The van der Waals surface area contributed by atoms with Gasteiger partial charge in [-0.1, -0.05) is 12.1 Å². The van der Waals surface area contributed by atoms with Crippen LogP contribution in [0, 0.1) is 0 Å². The Balaban J connectivity index is 1.77. The molecule has 0 atom stereocenters. The van der Waals surface area contributed by atoms with Crippen molar-refractivity contribution in [2.45, 2.75) is 13.0 Å². The summed E-state index contributed by atoms with van der Waals surface area (Å²) >= 11 is 0. The van der Waals surface area contributed by atoms with E-state index in [9.17, 15) is 14.4 Å². The Kier molecular flexibility index (Phi) is 4.01. The maximum atomic E-state index is 12.3. The van der Waals surface area contributed by atoms with E-state index in [0.29, 0.717) is 16.5 Å². The van der Waals surface area contributed by atoms with Gasteiger partial charge in [0.1, 0.15) is 0 Å². The standard InChI is InChI=1S/C16H14N4O3/c21-14(18-11-5-8-17-9-6-11)7-10-20-16(23)13-4-2-1-3-12(13)15(22)19-20/h1-6,8-9H,7,10H2,(H,19,22)(H,17,18,21). The van der Waals surface area contributed by atoms with Gasteiger partial charge < -0.3 is 5.32 Å². The molecule has 116 valence electrons. The van der Waals surface area contributed by atoms with Crippen molar-refractivity contribution in [3.8, 4) is 0 Å². The molecule has 7 heteroatoms. The summed E-state index contributed by atoms with van der Waals surface area (Å²) in [4.78, 5) is 40.0. The highest BCUT2D eigenvalue weighted by atomic mass is 16.2. The first-order valence-corrected chi connectivity index (χ1v) is 7.07. The normalized spacial score (nSPS) is 10.6. The van der Waals surface area contributed by atoms with Crippen LogP contribution in [0.15, 0.2) is 58.4 Å². The molecule has 3 aromatic rings.